The van der Waals surface area contributed by atoms with Crippen molar-refractivity contribution >= 4 is 6.03 Å². The summed E-state index contributed by atoms with van der Waals surface area (Å²) in [6, 6.07) is 13.7. The Morgan fingerprint density at radius 1 is 1.18 bits per heavy atom. The zero-order valence-corrected chi connectivity index (χ0v) is 12.3. The van der Waals surface area contributed by atoms with Gasteiger partial charge in [0.2, 0.25) is 0 Å². The number of carbonyl (C=O) groups excluding carboxylic acids is 1. The molecule has 0 bridgehead atoms. The molecule has 2 aromatic rings. The standard InChI is InChI=1S/C17H20N2O3/c20-17(18-12-15-7-4-9-21-15)19-14-8-10-22-16(11-14)13-5-2-1-3-6-13/h1-7,9,14,16H,8,10-12H2,(H2,18,19,20)/t14-,16-/m0/s1. The number of furan rings is 1. The van der Waals surface area contributed by atoms with Gasteiger partial charge in [0.15, 0.2) is 0 Å². The first-order valence-electron chi connectivity index (χ1n) is 7.54. The first-order chi connectivity index (χ1) is 10.8. The van der Waals surface area contributed by atoms with Crippen LogP contribution in [0.25, 0.3) is 0 Å². The molecule has 1 aliphatic rings. The van der Waals surface area contributed by atoms with Crippen LogP contribution in [0, 0.1) is 0 Å². The van der Waals surface area contributed by atoms with E-state index in [1.807, 2.05) is 24.3 Å². The SMILES string of the molecule is O=C(NCc1ccco1)N[C@H]1CCO[C@H](c2ccccc2)C1. The maximum atomic E-state index is 11.9. The van der Waals surface area contributed by atoms with Crippen molar-refractivity contribution < 1.29 is 13.9 Å². The molecule has 0 unspecified atom stereocenters. The summed E-state index contributed by atoms with van der Waals surface area (Å²) < 4.78 is 11.0. The Hall–Kier alpha value is -2.27. The fraction of sp³-hybridized carbons (Fsp3) is 0.353. The predicted octanol–water partition coefficient (Wildman–Crippen LogP) is 3.00. The molecule has 2 amide bonds. The molecule has 1 aromatic carbocycles. The van der Waals surface area contributed by atoms with Gasteiger partial charge in [-0.15, -0.1) is 0 Å². The number of hydrogen-bond donors (Lipinski definition) is 2. The van der Waals surface area contributed by atoms with E-state index in [0.29, 0.717) is 13.2 Å². The summed E-state index contributed by atoms with van der Waals surface area (Å²) in [4.78, 5) is 11.9. The molecule has 0 aliphatic carbocycles. The Morgan fingerprint density at radius 3 is 2.82 bits per heavy atom. The highest BCUT2D eigenvalue weighted by molar-refractivity contribution is 5.74. The van der Waals surface area contributed by atoms with Crippen LogP contribution in [0.2, 0.25) is 0 Å². The molecule has 5 heteroatoms. The fourth-order valence-electron chi connectivity index (χ4n) is 2.64. The molecule has 0 spiro atoms. The average molecular weight is 300 g/mol. The molecule has 2 atom stereocenters. The monoisotopic (exact) mass is 300 g/mol. The van der Waals surface area contributed by atoms with Crippen LogP contribution in [0.4, 0.5) is 4.79 Å². The third kappa shape index (κ3) is 3.89. The van der Waals surface area contributed by atoms with Crippen molar-refractivity contribution in [2.75, 3.05) is 6.61 Å². The topological polar surface area (TPSA) is 63.5 Å². The van der Waals surface area contributed by atoms with Crippen LogP contribution in [-0.2, 0) is 11.3 Å². The van der Waals surface area contributed by atoms with Crippen molar-refractivity contribution in [2.24, 2.45) is 0 Å². The van der Waals surface area contributed by atoms with Gasteiger partial charge in [0, 0.05) is 12.6 Å². The lowest BCUT2D eigenvalue weighted by Crippen LogP contribution is -2.44. The Morgan fingerprint density at radius 2 is 2.05 bits per heavy atom. The van der Waals surface area contributed by atoms with Crippen LogP contribution in [0.5, 0.6) is 0 Å². The summed E-state index contributed by atoms with van der Waals surface area (Å²) in [5.74, 6) is 0.740. The van der Waals surface area contributed by atoms with E-state index in [0.717, 1.165) is 24.2 Å². The molecule has 2 heterocycles. The van der Waals surface area contributed by atoms with Crippen molar-refractivity contribution in [3.8, 4) is 0 Å². The van der Waals surface area contributed by atoms with Gasteiger partial charge in [0.25, 0.3) is 0 Å². The molecule has 1 aliphatic heterocycles. The second kappa shape index (κ2) is 7.13. The molecule has 1 saturated heterocycles. The first kappa shape index (κ1) is 14.7. The molecular weight excluding hydrogens is 280 g/mol. The molecule has 22 heavy (non-hydrogen) atoms. The largest absolute Gasteiger partial charge is 0.467 e. The van der Waals surface area contributed by atoms with Crippen molar-refractivity contribution in [3.63, 3.8) is 0 Å². The smallest absolute Gasteiger partial charge is 0.315 e. The maximum absolute atomic E-state index is 11.9. The molecule has 2 N–H and O–H groups in total. The van der Waals surface area contributed by atoms with Gasteiger partial charge in [-0.25, -0.2) is 4.79 Å². The molecule has 1 fully saturated rings. The van der Waals surface area contributed by atoms with E-state index in [1.165, 1.54) is 0 Å². The van der Waals surface area contributed by atoms with Crippen molar-refractivity contribution in [3.05, 3.63) is 60.1 Å². The first-order valence-corrected chi connectivity index (χ1v) is 7.54. The van der Waals surface area contributed by atoms with Gasteiger partial charge in [-0.1, -0.05) is 30.3 Å². The van der Waals surface area contributed by atoms with E-state index in [4.69, 9.17) is 9.15 Å². The molecule has 5 nitrogen and oxygen atoms in total. The number of carbonyl (C=O) groups is 1. The molecule has 0 saturated carbocycles. The minimum absolute atomic E-state index is 0.0466. The van der Waals surface area contributed by atoms with E-state index < -0.39 is 0 Å². The lowest BCUT2D eigenvalue weighted by Gasteiger charge is -2.30. The fourth-order valence-corrected chi connectivity index (χ4v) is 2.64. The molecule has 1 aromatic heterocycles. The number of rotatable bonds is 4. The number of nitrogens with one attached hydrogen (secondary N) is 2. The zero-order valence-electron chi connectivity index (χ0n) is 12.3. The highest BCUT2D eigenvalue weighted by Crippen LogP contribution is 2.27. The predicted molar refractivity (Wildman–Crippen MR) is 82.2 cm³/mol. The van der Waals surface area contributed by atoms with Crippen LogP contribution in [0.1, 0.15) is 30.3 Å². The summed E-state index contributed by atoms with van der Waals surface area (Å²) in [6.07, 6.45) is 3.26. The number of ether oxygens (including phenoxy) is 1. The van der Waals surface area contributed by atoms with Gasteiger partial charge >= 0.3 is 6.03 Å². The van der Waals surface area contributed by atoms with Crippen molar-refractivity contribution in [1.29, 1.82) is 0 Å². The summed E-state index contributed by atoms with van der Waals surface area (Å²) in [7, 11) is 0. The Balaban J connectivity index is 1.48. The third-order valence-corrected chi connectivity index (χ3v) is 3.79. The van der Waals surface area contributed by atoms with Crippen molar-refractivity contribution in [2.45, 2.75) is 31.5 Å². The summed E-state index contributed by atoms with van der Waals surface area (Å²) >= 11 is 0. The van der Waals surface area contributed by atoms with E-state index >= 15 is 0 Å². The molecule has 116 valence electrons. The second-order valence-corrected chi connectivity index (χ2v) is 5.40. The molecule has 3 rings (SSSR count). The van der Waals surface area contributed by atoms with E-state index in [1.54, 1.807) is 12.3 Å². The Labute approximate surface area is 129 Å². The van der Waals surface area contributed by atoms with E-state index in [2.05, 4.69) is 22.8 Å². The maximum Gasteiger partial charge on any atom is 0.315 e. The van der Waals surface area contributed by atoms with Gasteiger partial charge < -0.3 is 19.8 Å². The van der Waals surface area contributed by atoms with Gasteiger partial charge in [-0.2, -0.15) is 0 Å². The summed E-state index contributed by atoms with van der Waals surface area (Å²) in [5.41, 5.74) is 1.16. The van der Waals surface area contributed by atoms with Crippen LogP contribution in [-0.4, -0.2) is 18.7 Å². The minimum atomic E-state index is -0.171. The van der Waals surface area contributed by atoms with Crippen LogP contribution < -0.4 is 10.6 Å². The third-order valence-electron chi connectivity index (χ3n) is 3.79. The van der Waals surface area contributed by atoms with Crippen LogP contribution in [0.15, 0.2) is 53.1 Å². The van der Waals surface area contributed by atoms with E-state index in [9.17, 15) is 4.79 Å². The van der Waals surface area contributed by atoms with Gasteiger partial charge in [0.1, 0.15) is 5.76 Å². The lowest BCUT2D eigenvalue weighted by molar-refractivity contribution is 0.00225. The van der Waals surface area contributed by atoms with Crippen LogP contribution in [0.3, 0.4) is 0 Å². The summed E-state index contributed by atoms with van der Waals surface area (Å²) in [5, 5.41) is 5.81. The number of urea groups is 1. The average Bonchev–Trinajstić information content (AvgIpc) is 3.08. The lowest BCUT2D eigenvalue weighted by atomic mass is 9.97. The number of amides is 2. The number of hydrogen-bond acceptors (Lipinski definition) is 3. The number of benzene rings is 1. The highest BCUT2D eigenvalue weighted by atomic mass is 16.5. The molecule has 0 radical (unpaired) electrons. The van der Waals surface area contributed by atoms with Crippen LogP contribution >= 0.6 is 0 Å². The van der Waals surface area contributed by atoms with Gasteiger partial charge in [-0.05, 0) is 30.5 Å². The Bertz CT molecular complexity index is 583. The second-order valence-electron chi connectivity index (χ2n) is 5.40. The van der Waals surface area contributed by atoms with Crippen molar-refractivity contribution in [1.82, 2.24) is 10.6 Å². The molecular formula is C17H20N2O3. The highest BCUT2D eigenvalue weighted by Gasteiger charge is 2.24. The van der Waals surface area contributed by atoms with E-state index in [-0.39, 0.29) is 18.2 Å². The quantitative estimate of drug-likeness (QED) is 0.912. The Kier molecular flexibility index (Phi) is 4.75. The zero-order chi connectivity index (χ0) is 15.2. The normalized spacial score (nSPS) is 21.3. The van der Waals surface area contributed by atoms with Gasteiger partial charge in [-0.3, -0.25) is 0 Å². The van der Waals surface area contributed by atoms with Gasteiger partial charge in [0.05, 0.1) is 18.9 Å². The minimum Gasteiger partial charge on any atom is -0.467 e. The summed E-state index contributed by atoms with van der Waals surface area (Å²) in [6.45, 7) is 1.05.